The first-order chi connectivity index (χ1) is 7.58. The van der Waals surface area contributed by atoms with Gasteiger partial charge in [0.25, 0.3) is 0 Å². The van der Waals surface area contributed by atoms with Crippen molar-refractivity contribution in [2.45, 2.75) is 38.0 Å². The molecule has 4 nitrogen and oxygen atoms in total. The Bertz CT molecular complexity index is 281. The van der Waals surface area contributed by atoms with E-state index in [2.05, 4.69) is 24.5 Å². The largest absolute Gasteiger partial charge is 0.381 e. The zero-order valence-corrected chi connectivity index (χ0v) is 10.3. The molecule has 3 saturated heterocycles. The average Bonchev–Trinajstić information content (AvgIpc) is 2.22. The van der Waals surface area contributed by atoms with Crippen molar-refractivity contribution in [2.75, 3.05) is 32.8 Å². The van der Waals surface area contributed by atoms with E-state index in [4.69, 9.17) is 9.47 Å². The lowest BCUT2D eigenvalue weighted by Gasteiger charge is -2.61. The second-order valence-corrected chi connectivity index (χ2v) is 6.04. The molecule has 2 N–H and O–H groups in total. The molecule has 0 aromatic heterocycles. The summed E-state index contributed by atoms with van der Waals surface area (Å²) in [5.74, 6) is 0. The number of nitrogens with one attached hydrogen (secondary N) is 2. The predicted octanol–water partition coefficient (Wildman–Crippen LogP) is 0.481. The van der Waals surface area contributed by atoms with Crippen LogP contribution in [-0.2, 0) is 9.47 Å². The first kappa shape index (κ1) is 11.0. The van der Waals surface area contributed by atoms with Gasteiger partial charge in [-0.1, -0.05) is 13.8 Å². The SMILES string of the molecule is CC1(C)CNC2(CNC2)OC12CCOCC2. The molecule has 2 spiro atoms. The summed E-state index contributed by atoms with van der Waals surface area (Å²) in [5, 5.41) is 6.87. The maximum absolute atomic E-state index is 6.50. The lowest BCUT2D eigenvalue weighted by atomic mass is 9.68. The number of rotatable bonds is 0. The molecule has 0 unspecified atom stereocenters. The molecule has 92 valence electrons. The molecule has 0 aromatic carbocycles. The Balaban J connectivity index is 1.85. The highest BCUT2D eigenvalue weighted by Crippen LogP contribution is 2.47. The monoisotopic (exact) mass is 226 g/mol. The summed E-state index contributed by atoms with van der Waals surface area (Å²) in [4.78, 5) is 0. The highest BCUT2D eigenvalue weighted by Gasteiger charge is 2.57. The zero-order valence-electron chi connectivity index (χ0n) is 10.3. The zero-order chi connectivity index (χ0) is 11.3. The van der Waals surface area contributed by atoms with E-state index in [0.29, 0.717) is 0 Å². The van der Waals surface area contributed by atoms with Crippen LogP contribution in [0.1, 0.15) is 26.7 Å². The minimum atomic E-state index is -0.0904. The first-order valence-electron chi connectivity index (χ1n) is 6.31. The third-order valence-corrected chi connectivity index (χ3v) is 4.60. The van der Waals surface area contributed by atoms with Crippen LogP contribution >= 0.6 is 0 Å². The fourth-order valence-electron chi connectivity index (χ4n) is 3.12. The maximum atomic E-state index is 6.50. The van der Waals surface area contributed by atoms with Crippen LogP contribution < -0.4 is 10.6 Å². The van der Waals surface area contributed by atoms with Crippen molar-refractivity contribution < 1.29 is 9.47 Å². The van der Waals surface area contributed by atoms with Crippen molar-refractivity contribution in [3.8, 4) is 0 Å². The summed E-state index contributed by atoms with van der Waals surface area (Å²) < 4.78 is 12.0. The van der Waals surface area contributed by atoms with Gasteiger partial charge in [-0.25, -0.2) is 0 Å². The Morgan fingerprint density at radius 2 is 1.69 bits per heavy atom. The lowest BCUT2D eigenvalue weighted by molar-refractivity contribution is -0.286. The van der Waals surface area contributed by atoms with Gasteiger partial charge in [0.2, 0.25) is 0 Å². The van der Waals surface area contributed by atoms with E-state index in [9.17, 15) is 0 Å². The van der Waals surface area contributed by atoms with E-state index < -0.39 is 0 Å². The quantitative estimate of drug-likeness (QED) is 0.630. The molecule has 0 radical (unpaired) electrons. The minimum Gasteiger partial charge on any atom is -0.381 e. The molecular formula is C12H22N2O2. The van der Waals surface area contributed by atoms with Crippen LogP contribution in [0.5, 0.6) is 0 Å². The summed E-state index contributed by atoms with van der Waals surface area (Å²) in [5.41, 5.74) is 0.114. The standard InChI is InChI=1S/C12H22N2O2/c1-10(2)7-14-12(8-13-9-12)16-11(10)3-5-15-6-4-11/h13-14H,3-9H2,1-2H3. The predicted molar refractivity (Wildman–Crippen MR) is 61.3 cm³/mol. The van der Waals surface area contributed by atoms with Crippen LogP contribution in [0, 0.1) is 5.41 Å². The Hall–Kier alpha value is -0.160. The van der Waals surface area contributed by atoms with Gasteiger partial charge in [-0.3, -0.25) is 5.32 Å². The van der Waals surface area contributed by atoms with Crippen LogP contribution in [0.25, 0.3) is 0 Å². The van der Waals surface area contributed by atoms with Crippen molar-refractivity contribution >= 4 is 0 Å². The fourth-order valence-corrected chi connectivity index (χ4v) is 3.12. The highest BCUT2D eigenvalue weighted by atomic mass is 16.6. The van der Waals surface area contributed by atoms with E-state index >= 15 is 0 Å². The van der Waals surface area contributed by atoms with Crippen LogP contribution in [0.15, 0.2) is 0 Å². The van der Waals surface area contributed by atoms with Gasteiger partial charge in [0.1, 0.15) is 5.72 Å². The Labute approximate surface area is 97.1 Å². The Kier molecular flexibility index (Phi) is 2.34. The molecule has 3 heterocycles. The normalized spacial score (nSPS) is 34.9. The van der Waals surface area contributed by atoms with Gasteiger partial charge in [-0.15, -0.1) is 0 Å². The third kappa shape index (κ3) is 1.44. The molecular weight excluding hydrogens is 204 g/mol. The molecule has 0 aromatic rings. The highest BCUT2D eigenvalue weighted by molar-refractivity contribution is 5.08. The molecule has 16 heavy (non-hydrogen) atoms. The summed E-state index contributed by atoms with van der Waals surface area (Å²) in [6, 6.07) is 0. The number of ether oxygens (including phenoxy) is 2. The van der Waals surface area contributed by atoms with E-state index in [0.717, 1.165) is 45.7 Å². The summed E-state index contributed by atoms with van der Waals surface area (Å²) in [7, 11) is 0. The smallest absolute Gasteiger partial charge is 0.145 e. The van der Waals surface area contributed by atoms with E-state index in [1.807, 2.05) is 0 Å². The summed E-state index contributed by atoms with van der Waals surface area (Å²) in [6.07, 6.45) is 2.06. The molecule has 0 atom stereocenters. The van der Waals surface area contributed by atoms with Gasteiger partial charge in [0.15, 0.2) is 0 Å². The van der Waals surface area contributed by atoms with Gasteiger partial charge in [0, 0.05) is 51.1 Å². The Morgan fingerprint density at radius 1 is 1.00 bits per heavy atom. The second-order valence-electron chi connectivity index (χ2n) is 6.04. The number of hydrogen-bond acceptors (Lipinski definition) is 4. The van der Waals surface area contributed by atoms with Gasteiger partial charge >= 0.3 is 0 Å². The summed E-state index contributed by atoms with van der Waals surface area (Å²) >= 11 is 0. The van der Waals surface area contributed by atoms with Gasteiger partial charge < -0.3 is 14.8 Å². The maximum Gasteiger partial charge on any atom is 0.145 e. The summed E-state index contributed by atoms with van der Waals surface area (Å²) in [6.45, 7) is 9.21. The topological polar surface area (TPSA) is 42.5 Å². The lowest BCUT2D eigenvalue weighted by Crippen LogP contribution is -2.78. The molecule has 0 amide bonds. The van der Waals surface area contributed by atoms with Crippen LogP contribution in [0.2, 0.25) is 0 Å². The van der Waals surface area contributed by atoms with Crippen molar-refractivity contribution in [2.24, 2.45) is 5.41 Å². The molecule has 0 saturated carbocycles. The van der Waals surface area contributed by atoms with Crippen LogP contribution in [0.3, 0.4) is 0 Å². The molecule has 0 bridgehead atoms. The molecule has 3 fully saturated rings. The second kappa shape index (κ2) is 3.42. The average molecular weight is 226 g/mol. The minimum absolute atomic E-state index is 0.0125. The van der Waals surface area contributed by atoms with Gasteiger partial charge in [-0.2, -0.15) is 0 Å². The fraction of sp³-hybridized carbons (Fsp3) is 1.00. The van der Waals surface area contributed by atoms with E-state index in [1.165, 1.54) is 0 Å². The van der Waals surface area contributed by atoms with Gasteiger partial charge in [0.05, 0.1) is 5.60 Å². The van der Waals surface area contributed by atoms with Crippen molar-refractivity contribution in [1.29, 1.82) is 0 Å². The van der Waals surface area contributed by atoms with Crippen LogP contribution in [0.4, 0.5) is 0 Å². The third-order valence-electron chi connectivity index (χ3n) is 4.60. The van der Waals surface area contributed by atoms with Crippen molar-refractivity contribution in [1.82, 2.24) is 10.6 Å². The van der Waals surface area contributed by atoms with Crippen LogP contribution in [-0.4, -0.2) is 44.2 Å². The van der Waals surface area contributed by atoms with E-state index in [-0.39, 0.29) is 16.7 Å². The molecule has 4 heteroatoms. The van der Waals surface area contributed by atoms with Crippen molar-refractivity contribution in [3.05, 3.63) is 0 Å². The number of hydrogen-bond donors (Lipinski definition) is 2. The molecule has 3 aliphatic heterocycles. The van der Waals surface area contributed by atoms with Crippen molar-refractivity contribution in [3.63, 3.8) is 0 Å². The van der Waals surface area contributed by atoms with Gasteiger partial charge in [-0.05, 0) is 0 Å². The Morgan fingerprint density at radius 3 is 2.25 bits per heavy atom. The first-order valence-corrected chi connectivity index (χ1v) is 6.31. The molecule has 3 aliphatic rings. The van der Waals surface area contributed by atoms with E-state index in [1.54, 1.807) is 0 Å². The molecule has 0 aliphatic carbocycles. The molecule has 3 rings (SSSR count).